The molecular formula is CH10Ca2NO5P. The van der Waals surface area contributed by atoms with Crippen molar-refractivity contribution in [3.63, 3.8) is 0 Å². The molecule has 0 aliphatic heterocycles. The molecule has 0 saturated heterocycles. The molecule has 0 bridgehead atoms. The number of hydrogen-bond acceptors (Lipinski definition) is 2. The van der Waals surface area contributed by atoms with Gasteiger partial charge in [-0.15, -0.1) is 0 Å². The van der Waals surface area contributed by atoms with E-state index in [2.05, 4.69) is 5.73 Å². The van der Waals surface area contributed by atoms with E-state index in [1.54, 1.807) is 0 Å². The van der Waals surface area contributed by atoms with Crippen molar-refractivity contribution >= 4 is 89.7 Å². The minimum atomic E-state index is -4.64. The first kappa shape index (κ1) is 22.7. The molecular weight excluding hydrogens is 217 g/mol. The van der Waals surface area contributed by atoms with Crippen LogP contribution in [0.2, 0.25) is 0 Å². The summed E-state index contributed by atoms with van der Waals surface area (Å²) in [6.45, 7) is 0. The molecule has 0 aliphatic carbocycles. The summed E-state index contributed by atoms with van der Waals surface area (Å²) in [4.78, 5) is 30.1. The number of rotatable bonds is 0. The molecule has 5 N–H and O–H groups in total. The predicted molar refractivity (Wildman–Crippen MR) is 40.5 cm³/mol. The van der Waals surface area contributed by atoms with Crippen molar-refractivity contribution in [1.29, 1.82) is 0 Å². The standard InChI is InChI=1S/CH3NO.2Ca.H3O4P.4H/c2-1-3;;;1-5(2,3)4;;;;/h1H,(H2,2,3);;;(H3,1,2,3,4);;;;/q;2*+2;;4*-1. The van der Waals surface area contributed by atoms with E-state index in [1.165, 1.54) is 0 Å². The van der Waals surface area contributed by atoms with Gasteiger partial charge in [0, 0.05) is 0 Å². The molecule has 58 valence electrons. The van der Waals surface area contributed by atoms with Crippen molar-refractivity contribution in [3.05, 3.63) is 0 Å². The largest absolute Gasteiger partial charge is 2.00 e. The summed E-state index contributed by atoms with van der Waals surface area (Å²) in [7, 11) is -4.64. The van der Waals surface area contributed by atoms with Gasteiger partial charge in [-0.05, 0) is 0 Å². The quantitative estimate of drug-likeness (QED) is 0.214. The maximum atomic E-state index is 8.88. The molecule has 0 rings (SSSR count). The topological polar surface area (TPSA) is 121 Å². The molecule has 0 spiro atoms. The molecule has 0 aromatic heterocycles. The molecule has 0 aliphatic rings. The molecule has 9 heteroatoms. The zero-order valence-electron chi connectivity index (χ0n) is 9.17. The van der Waals surface area contributed by atoms with E-state index < -0.39 is 7.82 Å². The van der Waals surface area contributed by atoms with Gasteiger partial charge in [0.1, 0.15) is 0 Å². The fraction of sp³-hybridized carbons (Fsp3) is 0. The number of hydrogen-bond donors (Lipinski definition) is 4. The average molecular weight is 227 g/mol. The first-order valence-corrected chi connectivity index (χ1v) is 2.92. The maximum absolute atomic E-state index is 8.88. The van der Waals surface area contributed by atoms with E-state index >= 15 is 0 Å². The van der Waals surface area contributed by atoms with Gasteiger partial charge in [0.2, 0.25) is 6.41 Å². The second-order valence-corrected chi connectivity index (χ2v) is 1.68. The Morgan fingerprint density at radius 2 is 1.30 bits per heavy atom. The molecule has 0 fully saturated rings. The fourth-order valence-corrected chi connectivity index (χ4v) is 0. The molecule has 0 unspecified atom stereocenters. The Morgan fingerprint density at radius 3 is 1.30 bits per heavy atom. The van der Waals surface area contributed by atoms with Gasteiger partial charge < -0.3 is 26.1 Å². The number of carbonyl (C=O) groups excluding carboxylic acids is 1. The Hall–Kier alpha value is 2.10. The molecule has 0 heterocycles. The van der Waals surface area contributed by atoms with E-state index in [0.29, 0.717) is 0 Å². The average Bonchev–Trinajstić information content (AvgIpc) is 1.27. The number of nitrogens with two attached hydrogens (primary N) is 1. The third-order valence-corrected chi connectivity index (χ3v) is 0. The first-order chi connectivity index (χ1) is 3.41. The number of phosphoric acid groups is 1. The Labute approximate surface area is 123 Å². The van der Waals surface area contributed by atoms with Crippen molar-refractivity contribution in [3.8, 4) is 0 Å². The number of carbonyl (C=O) groups is 1. The summed E-state index contributed by atoms with van der Waals surface area (Å²) in [6.07, 6.45) is 0.250. The Bertz CT molecular complexity index is 106. The van der Waals surface area contributed by atoms with Crippen molar-refractivity contribution in [2.75, 3.05) is 0 Å². The molecule has 0 aromatic carbocycles. The summed E-state index contributed by atoms with van der Waals surface area (Å²) in [5, 5.41) is 0. The number of primary amides is 1. The van der Waals surface area contributed by atoms with Gasteiger partial charge in [-0.1, -0.05) is 0 Å². The van der Waals surface area contributed by atoms with Crippen molar-refractivity contribution in [2.45, 2.75) is 0 Å². The smallest absolute Gasteiger partial charge is 1.00 e. The van der Waals surface area contributed by atoms with E-state index in [0.717, 1.165) is 0 Å². The van der Waals surface area contributed by atoms with Gasteiger partial charge in [0.15, 0.2) is 0 Å². The Morgan fingerprint density at radius 1 is 1.30 bits per heavy atom. The van der Waals surface area contributed by atoms with E-state index in [-0.39, 0.29) is 87.6 Å². The van der Waals surface area contributed by atoms with Crippen LogP contribution in [0.1, 0.15) is 5.71 Å². The molecule has 0 atom stereocenters. The van der Waals surface area contributed by atoms with Crippen LogP contribution in [0.15, 0.2) is 0 Å². The van der Waals surface area contributed by atoms with Crippen LogP contribution < -0.4 is 5.73 Å². The van der Waals surface area contributed by atoms with E-state index in [1.807, 2.05) is 0 Å². The molecule has 0 saturated carbocycles. The number of amides is 1. The Balaban J connectivity index is -0.00000000626. The van der Waals surface area contributed by atoms with Crippen LogP contribution in [-0.4, -0.2) is 96.6 Å². The third-order valence-electron chi connectivity index (χ3n) is 0. The molecule has 0 aromatic rings. The SMILES string of the molecule is NC=O.O=P(O)(O)O.[Ca+2].[Ca+2].[H-].[H-].[H-].[H-]. The van der Waals surface area contributed by atoms with Crippen molar-refractivity contribution in [1.82, 2.24) is 0 Å². The van der Waals surface area contributed by atoms with Crippen LogP contribution in [-0.2, 0) is 9.36 Å². The van der Waals surface area contributed by atoms with Gasteiger partial charge in [-0.3, -0.25) is 4.79 Å². The second kappa shape index (κ2) is 13.7. The summed E-state index contributed by atoms with van der Waals surface area (Å²) >= 11 is 0. The minimum Gasteiger partial charge on any atom is -1.00 e. The summed E-state index contributed by atoms with van der Waals surface area (Å²) < 4.78 is 8.88. The summed E-state index contributed by atoms with van der Waals surface area (Å²) in [6, 6.07) is 0. The van der Waals surface area contributed by atoms with Crippen molar-refractivity contribution in [2.24, 2.45) is 5.73 Å². The van der Waals surface area contributed by atoms with Crippen LogP contribution in [0.4, 0.5) is 0 Å². The van der Waals surface area contributed by atoms with Crippen LogP contribution in [0.3, 0.4) is 0 Å². The summed E-state index contributed by atoms with van der Waals surface area (Å²) in [5.41, 5.74) is 4.17. The van der Waals surface area contributed by atoms with Crippen LogP contribution in [0.5, 0.6) is 0 Å². The van der Waals surface area contributed by atoms with Gasteiger partial charge >= 0.3 is 83.3 Å². The molecule has 10 heavy (non-hydrogen) atoms. The van der Waals surface area contributed by atoms with Gasteiger partial charge in [-0.25, -0.2) is 4.57 Å². The molecule has 6 nitrogen and oxygen atoms in total. The first-order valence-electron chi connectivity index (χ1n) is 1.35. The zero-order chi connectivity index (χ0) is 7.21. The van der Waals surface area contributed by atoms with Gasteiger partial charge in [-0.2, -0.15) is 0 Å². The third kappa shape index (κ3) is 190. The predicted octanol–water partition coefficient (Wildman–Crippen LogP) is -2.14. The van der Waals surface area contributed by atoms with Crippen LogP contribution in [0, 0.1) is 0 Å². The van der Waals surface area contributed by atoms with Crippen LogP contribution in [0.25, 0.3) is 0 Å². The second-order valence-electron chi connectivity index (χ2n) is 0.649. The monoisotopic (exact) mass is 227 g/mol. The van der Waals surface area contributed by atoms with E-state index in [4.69, 9.17) is 24.0 Å². The Kier molecular flexibility index (Phi) is 31.1. The zero-order valence-corrected chi connectivity index (χ0v) is 10.5. The molecule has 0 radical (unpaired) electrons. The molecule has 1 amide bonds. The van der Waals surface area contributed by atoms with Gasteiger partial charge in [0.05, 0.1) is 0 Å². The minimum absolute atomic E-state index is 0. The maximum Gasteiger partial charge on any atom is 2.00 e. The summed E-state index contributed by atoms with van der Waals surface area (Å²) in [5.74, 6) is 0. The normalized spacial score (nSPS) is 7.10. The van der Waals surface area contributed by atoms with E-state index in [9.17, 15) is 0 Å². The van der Waals surface area contributed by atoms with Crippen LogP contribution >= 0.6 is 7.82 Å². The fourth-order valence-electron chi connectivity index (χ4n) is 0. The van der Waals surface area contributed by atoms with Gasteiger partial charge in [0.25, 0.3) is 0 Å². The van der Waals surface area contributed by atoms with Crippen molar-refractivity contribution < 1.29 is 29.7 Å².